The number of benzene rings is 1. The normalized spacial score (nSPS) is 10.3. The zero-order valence-electron chi connectivity index (χ0n) is 10.7. The maximum absolute atomic E-state index is 13.0. The predicted octanol–water partition coefficient (Wildman–Crippen LogP) is 2.11. The average molecular weight is 295 g/mol. The fraction of sp³-hybridized carbons (Fsp3) is 0.143. The van der Waals surface area contributed by atoms with Crippen molar-refractivity contribution in [1.29, 1.82) is 0 Å². The van der Waals surface area contributed by atoms with Gasteiger partial charge in [-0.25, -0.2) is 4.39 Å². The maximum atomic E-state index is 13.0. The molecule has 0 aliphatic rings. The van der Waals surface area contributed by atoms with E-state index < -0.39 is 5.91 Å². The van der Waals surface area contributed by atoms with Gasteiger partial charge in [-0.05, 0) is 17.7 Å². The molecule has 1 amide bonds. The molecule has 0 saturated carbocycles. The van der Waals surface area contributed by atoms with Crippen LogP contribution in [0.3, 0.4) is 0 Å². The molecule has 4 nitrogen and oxygen atoms in total. The highest BCUT2D eigenvalue weighted by molar-refractivity contribution is 6.33. The molecular weight excluding hydrogens is 283 g/mol. The lowest BCUT2D eigenvalue weighted by Crippen LogP contribution is -2.26. The van der Waals surface area contributed by atoms with Gasteiger partial charge in [-0.15, -0.1) is 0 Å². The molecule has 1 aromatic carbocycles. The summed E-state index contributed by atoms with van der Waals surface area (Å²) >= 11 is 5.87. The Hall–Kier alpha value is -2.14. The van der Waals surface area contributed by atoms with Crippen LogP contribution in [-0.2, 0) is 13.6 Å². The van der Waals surface area contributed by atoms with E-state index in [2.05, 4.69) is 5.32 Å². The van der Waals surface area contributed by atoms with Gasteiger partial charge < -0.3 is 9.88 Å². The standard InChI is InChI=1S/C14H12ClFN2O2/c1-18-8-11(12(15)6-13(18)19)14(20)17-7-9-3-2-4-10(16)5-9/h2-6,8H,7H2,1H3,(H,17,20). The minimum Gasteiger partial charge on any atom is -0.348 e. The first-order valence-corrected chi connectivity index (χ1v) is 6.24. The van der Waals surface area contributed by atoms with Crippen molar-refractivity contribution < 1.29 is 9.18 Å². The molecule has 0 aliphatic carbocycles. The Morgan fingerprint density at radius 1 is 1.40 bits per heavy atom. The number of nitrogens with zero attached hydrogens (tertiary/aromatic N) is 1. The number of aromatic nitrogens is 1. The quantitative estimate of drug-likeness (QED) is 0.942. The second-order valence-corrected chi connectivity index (χ2v) is 4.70. The van der Waals surface area contributed by atoms with Crippen molar-refractivity contribution in [1.82, 2.24) is 9.88 Å². The number of rotatable bonds is 3. The Kier molecular flexibility index (Phi) is 4.20. The van der Waals surface area contributed by atoms with Crippen LogP contribution in [-0.4, -0.2) is 10.5 Å². The van der Waals surface area contributed by atoms with Crippen molar-refractivity contribution in [2.45, 2.75) is 6.54 Å². The molecule has 0 spiro atoms. The van der Waals surface area contributed by atoms with Crippen LogP contribution >= 0.6 is 11.6 Å². The number of carbonyl (C=O) groups excluding carboxylic acids is 1. The Balaban J connectivity index is 2.13. The first-order valence-electron chi connectivity index (χ1n) is 5.86. The SMILES string of the molecule is Cn1cc(C(=O)NCc2cccc(F)c2)c(Cl)cc1=O. The van der Waals surface area contributed by atoms with Crippen molar-refractivity contribution >= 4 is 17.5 Å². The zero-order chi connectivity index (χ0) is 14.7. The Bertz CT molecular complexity index is 713. The van der Waals surface area contributed by atoms with E-state index in [0.29, 0.717) is 5.56 Å². The molecule has 0 fully saturated rings. The third kappa shape index (κ3) is 3.24. The van der Waals surface area contributed by atoms with E-state index in [9.17, 15) is 14.0 Å². The van der Waals surface area contributed by atoms with Crippen LogP contribution in [0.15, 0.2) is 41.3 Å². The summed E-state index contributed by atoms with van der Waals surface area (Å²) in [6, 6.07) is 7.11. The Morgan fingerprint density at radius 3 is 2.85 bits per heavy atom. The second kappa shape index (κ2) is 5.88. The van der Waals surface area contributed by atoms with Crippen molar-refractivity contribution in [3.05, 3.63) is 68.8 Å². The maximum Gasteiger partial charge on any atom is 0.254 e. The average Bonchev–Trinajstić information content (AvgIpc) is 2.40. The van der Waals surface area contributed by atoms with Gasteiger partial charge in [0.2, 0.25) is 0 Å². The summed E-state index contributed by atoms with van der Waals surface area (Å²) in [6.07, 6.45) is 1.37. The molecule has 6 heteroatoms. The van der Waals surface area contributed by atoms with E-state index in [0.717, 1.165) is 0 Å². The fourth-order valence-corrected chi connectivity index (χ4v) is 1.93. The number of aryl methyl sites for hydroxylation is 1. The molecule has 2 rings (SSSR count). The summed E-state index contributed by atoms with van der Waals surface area (Å²) in [6.45, 7) is 0.176. The molecule has 1 heterocycles. The highest BCUT2D eigenvalue weighted by atomic mass is 35.5. The molecule has 1 aromatic heterocycles. The number of pyridine rings is 1. The molecule has 20 heavy (non-hydrogen) atoms. The van der Waals surface area contributed by atoms with Crippen molar-refractivity contribution in [2.75, 3.05) is 0 Å². The van der Waals surface area contributed by atoms with Gasteiger partial charge in [-0.3, -0.25) is 9.59 Å². The van der Waals surface area contributed by atoms with E-state index in [4.69, 9.17) is 11.6 Å². The summed E-state index contributed by atoms with van der Waals surface area (Å²) in [7, 11) is 1.53. The van der Waals surface area contributed by atoms with Crippen molar-refractivity contribution in [3.8, 4) is 0 Å². The van der Waals surface area contributed by atoms with Gasteiger partial charge in [0.1, 0.15) is 5.82 Å². The first-order chi connectivity index (χ1) is 9.47. The summed E-state index contributed by atoms with van der Waals surface area (Å²) < 4.78 is 14.3. The van der Waals surface area contributed by atoms with Gasteiger partial charge in [-0.1, -0.05) is 23.7 Å². The van der Waals surface area contributed by atoms with E-state index in [1.165, 1.54) is 36.0 Å². The number of hydrogen-bond acceptors (Lipinski definition) is 2. The van der Waals surface area contributed by atoms with Crippen LogP contribution < -0.4 is 10.9 Å². The lowest BCUT2D eigenvalue weighted by Gasteiger charge is -2.08. The van der Waals surface area contributed by atoms with Crippen molar-refractivity contribution in [3.63, 3.8) is 0 Å². The Morgan fingerprint density at radius 2 is 2.15 bits per heavy atom. The molecular formula is C14H12ClFN2O2. The van der Waals surface area contributed by atoms with E-state index >= 15 is 0 Å². The summed E-state index contributed by atoms with van der Waals surface area (Å²) in [5.41, 5.74) is 0.543. The number of carbonyl (C=O) groups is 1. The third-order valence-electron chi connectivity index (χ3n) is 2.76. The molecule has 0 radical (unpaired) electrons. The van der Waals surface area contributed by atoms with Crippen molar-refractivity contribution in [2.24, 2.45) is 7.05 Å². The number of halogens is 2. The summed E-state index contributed by atoms with van der Waals surface area (Å²) in [5.74, 6) is -0.785. The fourth-order valence-electron chi connectivity index (χ4n) is 1.70. The van der Waals surface area contributed by atoms with Gasteiger partial charge in [-0.2, -0.15) is 0 Å². The topological polar surface area (TPSA) is 51.1 Å². The minimum atomic E-state index is -0.421. The van der Waals surface area contributed by atoms with Gasteiger partial charge in [0.15, 0.2) is 0 Å². The number of hydrogen-bond donors (Lipinski definition) is 1. The minimum absolute atomic E-state index is 0.0878. The first kappa shape index (κ1) is 14.3. The van der Waals surface area contributed by atoms with E-state index in [1.807, 2.05) is 0 Å². The lowest BCUT2D eigenvalue weighted by molar-refractivity contribution is 0.0950. The molecule has 1 N–H and O–H groups in total. The molecule has 0 aliphatic heterocycles. The third-order valence-corrected chi connectivity index (χ3v) is 3.08. The largest absolute Gasteiger partial charge is 0.348 e. The van der Waals surface area contributed by atoms with Crippen LogP contribution in [0, 0.1) is 5.82 Å². The van der Waals surface area contributed by atoms with Gasteiger partial charge in [0.05, 0.1) is 10.6 Å². The lowest BCUT2D eigenvalue weighted by atomic mass is 10.2. The molecule has 0 unspecified atom stereocenters. The van der Waals surface area contributed by atoms with Crippen LogP contribution in [0.4, 0.5) is 4.39 Å². The van der Waals surface area contributed by atoms with Gasteiger partial charge >= 0.3 is 0 Å². The van der Waals surface area contributed by atoms with E-state index in [1.54, 1.807) is 12.1 Å². The molecule has 104 valence electrons. The van der Waals surface area contributed by atoms with Gasteiger partial charge in [0, 0.05) is 25.9 Å². The highest BCUT2D eigenvalue weighted by Crippen LogP contribution is 2.12. The molecule has 0 bridgehead atoms. The number of amides is 1. The highest BCUT2D eigenvalue weighted by Gasteiger charge is 2.12. The van der Waals surface area contributed by atoms with Crippen LogP contribution in [0.5, 0.6) is 0 Å². The van der Waals surface area contributed by atoms with Crippen LogP contribution in [0.2, 0.25) is 5.02 Å². The van der Waals surface area contributed by atoms with Crippen LogP contribution in [0.25, 0.3) is 0 Å². The van der Waals surface area contributed by atoms with Gasteiger partial charge in [0.25, 0.3) is 11.5 Å². The molecule has 0 saturated heterocycles. The smallest absolute Gasteiger partial charge is 0.254 e. The molecule has 0 atom stereocenters. The van der Waals surface area contributed by atoms with E-state index in [-0.39, 0.29) is 28.5 Å². The monoisotopic (exact) mass is 294 g/mol. The number of nitrogens with one attached hydrogen (secondary N) is 1. The Labute approximate surface area is 119 Å². The zero-order valence-corrected chi connectivity index (χ0v) is 11.4. The predicted molar refractivity (Wildman–Crippen MR) is 74.3 cm³/mol. The molecule has 2 aromatic rings. The van der Waals surface area contributed by atoms with Crippen LogP contribution in [0.1, 0.15) is 15.9 Å². The second-order valence-electron chi connectivity index (χ2n) is 4.30. The summed E-state index contributed by atoms with van der Waals surface area (Å²) in [5, 5.41) is 2.71. The summed E-state index contributed by atoms with van der Waals surface area (Å²) in [4.78, 5) is 23.3.